The van der Waals surface area contributed by atoms with Gasteiger partial charge in [-0.25, -0.2) is 4.79 Å². The second kappa shape index (κ2) is 4.68. The molecular formula is C12H12ClNO2. The smallest absolute Gasteiger partial charge is 0.331 e. The Labute approximate surface area is 98.7 Å². The van der Waals surface area contributed by atoms with Gasteiger partial charge in [-0.15, -0.1) is 0 Å². The van der Waals surface area contributed by atoms with Crippen molar-refractivity contribution in [3.63, 3.8) is 0 Å². The number of carboxylic acid groups (broad SMARTS) is 1. The first-order valence-electron chi connectivity index (χ1n) is 5.10. The Kier molecular flexibility index (Phi) is 3.27. The summed E-state index contributed by atoms with van der Waals surface area (Å²) >= 11 is 5.90. The lowest BCUT2D eigenvalue weighted by Crippen LogP contribution is -2.27. The summed E-state index contributed by atoms with van der Waals surface area (Å²) in [5.74, 6) is -0.837. The summed E-state index contributed by atoms with van der Waals surface area (Å²) in [6.45, 7) is 1.30. The molecular weight excluding hydrogens is 226 g/mol. The van der Waals surface area contributed by atoms with E-state index in [1.807, 2.05) is 12.1 Å². The highest BCUT2D eigenvalue weighted by atomic mass is 35.5. The zero-order chi connectivity index (χ0) is 11.5. The van der Waals surface area contributed by atoms with Crippen molar-refractivity contribution in [2.75, 3.05) is 13.1 Å². The number of rotatable bonds is 2. The molecule has 0 radical (unpaired) electrons. The van der Waals surface area contributed by atoms with E-state index in [1.54, 1.807) is 12.1 Å². The molecule has 84 valence electrons. The van der Waals surface area contributed by atoms with Gasteiger partial charge < -0.3 is 10.4 Å². The molecule has 1 aliphatic heterocycles. The Morgan fingerprint density at radius 3 is 2.94 bits per heavy atom. The lowest BCUT2D eigenvalue weighted by molar-refractivity contribution is -0.132. The molecule has 0 amide bonds. The molecule has 0 saturated heterocycles. The molecule has 2 rings (SSSR count). The van der Waals surface area contributed by atoms with Gasteiger partial charge in [-0.2, -0.15) is 0 Å². The highest BCUT2D eigenvalue weighted by Crippen LogP contribution is 2.25. The molecule has 1 heterocycles. The summed E-state index contributed by atoms with van der Waals surface area (Å²) < 4.78 is 0. The monoisotopic (exact) mass is 237 g/mol. The van der Waals surface area contributed by atoms with Crippen LogP contribution in [0.15, 0.2) is 29.8 Å². The maximum absolute atomic E-state index is 11.1. The highest BCUT2D eigenvalue weighted by Gasteiger charge is 2.19. The SMILES string of the molecule is O=C(O)C1=C(c2cccc(Cl)c2)CNCC1. The second-order valence-corrected chi connectivity index (χ2v) is 4.14. The van der Waals surface area contributed by atoms with Crippen molar-refractivity contribution < 1.29 is 9.90 Å². The van der Waals surface area contributed by atoms with Crippen molar-refractivity contribution in [3.8, 4) is 0 Å². The molecule has 0 aromatic heterocycles. The van der Waals surface area contributed by atoms with Crippen molar-refractivity contribution in [3.05, 3.63) is 40.4 Å². The van der Waals surface area contributed by atoms with Crippen LogP contribution in [0.1, 0.15) is 12.0 Å². The van der Waals surface area contributed by atoms with E-state index in [1.165, 1.54) is 0 Å². The second-order valence-electron chi connectivity index (χ2n) is 3.70. The van der Waals surface area contributed by atoms with Crippen molar-refractivity contribution >= 4 is 23.1 Å². The lowest BCUT2D eigenvalue weighted by Gasteiger charge is -2.19. The zero-order valence-corrected chi connectivity index (χ0v) is 9.42. The third-order valence-corrected chi connectivity index (χ3v) is 2.88. The Bertz CT molecular complexity index is 454. The van der Waals surface area contributed by atoms with E-state index < -0.39 is 5.97 Å². The predicted octanol–water partition coefficient (Wildman–Crippen LogP) is 2.17. The van der Waals surface area contributed by atoms with E-state index in [0.717, 1.165) is 11.1 Å². The minimum Gasteiger partial charge on any atom is -0.478 e. The first kappa shape index (κ1) is 11.2. The molecule has 0 atom stereocenters. The van der Waals surface area contributed by atoms with Gasteiger partial charge in [0.1, 0.15) is 0 Å². The summed E-state index contributed by atoms with van der Waals surface area (Å²) in [6.07, 6.45) is 0.553. The van der Waals surface area contributed by atoms with Gasteiger partial charge in [0.05, 0.1) is 0 Å². The number of aliphatic carboxylic acids is 1. The van der Waals surface area contributed by atoms with E-state index in [9.17, 15) is 4.79 Å². The summed E-state index contributed by atoms with van der Waals surface area (Å²) in [5.41, 5.74) is 2.21. The predicted molar refractivity (Wildman–Crippen MR) is 63.5 cm³/mol. The van der Waals surface area contributed by atoms with Gasteiger partial charge >= 0.3 is 5.97 Å². The van der Waals surface area contributed by atoms with E-state index >= 15 is 0 Å². The maximum atomic E-state index is 11.1. The molecule has 1 aromatic carbocycles. The van der Waals surface area contributed by atoms with Crippen LogP contribution in [0.25, 0.3) is 5.57 Å². The average molecular weight is 238 g/mol. The first-order valence-corrected chi connectivity index (χ1v) is 5.48. The molecule has 0 bridgehead atoms. The molecule has 0 saturated carbocycles. The third kappa shape index (κ3) is 2.26. The average Bonchev–Trinajstić information content (AvgIpc) is 2.29. The van der Waals surface area contributed by atoms with Crippen molar-refractivity contribution in [2.45, 2.75) is 6.42 Å². The van der Waals surface area contributed by atoms with Gasteiger partial charge in [0.25, 0.3) is 0 Å². The van der Waals surface area contributed by atoms with Gasteiger partial charge in [-0.1, -0.05) is 23.7 Å². The Morgan fingerprint density at radius 2 is 2.25 bits per heavy atom. The van der Waals surface area contributed by atoms with E-state index in [-0.39, 0.29) is 0 Å². The molecule has 2 N–H and O–H groups in total. The van der Waals surface area contributed by atoms with Crippen LogP contribution in [0.5, 0.6) is 0 Å². The zero-order valence-electron chi connectivity index (χ0n) is 8.66. The van der Waals surface area contributed by atoms with Crippen LogP contribution in [0.2, 0.25) is 5.02 Å². The van der Waals surface area contributed by atoms with Crippen LogP contribution >= 0.6 is 11.6 Å². The fourth-order valence-corrected chi connectivity index (χ4v) is 2.06. The number of nitrogens with one attached hydrogen (secondary N) is 1. The number of benzene rings is 1. The molecule has 0 aliphatic carbocycles. The first-order chi connectivity index (χ1) is 7.68. The summed E-state index contributed by atoms with van der Waals surface area (Å²) in [7, 11) is 0. The Balaban J connectivity index is 2.47. The molecule has 4 heteroatoms. The highest BCUT2D eigenvalue weighted by molar-refractivity contribution is 6.30. The quantitative estimate of drug-likeness (QED) is 0.829. The van der Waals surface area contributed by atoms with Crippen LogP contribution in [0, 0.1) is 0 Å². The van der Waals surface area contributed by atoms with Gasteiger partial charge in [0.2, 0.25) is 0 Å². The summed E-state index contributed by atoms with van der Waals surface area (Å²) in [5, 5.41) is 12.9. The molecule has 1 aromatic rings. The van der Waals surface area contributed by atoms with Crippen LogP contribution in [0.3, 0.4) is 0 Å². The fourth-order valence-electron chi connectivity index (χ4n) is 1.87. The number of halogens is 1. The number of carbonyl (C=O) groups is 1. The molecule has 3 nitrogen and oxygen atoms in total. The van der Waals surface area contributed by atoms with Crippen LogP contribution in [0.4, 0.5) is 0 Å². The minimum absolute atomic E-state index is 0.487. The third-order valence-electron chi connectivity index (χ3n) is 2.65. The largest absolute Gasteiger partial charge is 0.478 e. The number of hydrogen-bond acceptors (Lipinski definition) is 2. The van der Waals surface area contributed by atoms with Crippen LogP contribution in [-0.4, -0.2) is 24.2 Å². The van der Waals surface area contributed by atoms with E-state index in [2.05, 4.69) is 5.32 Å². The minimum atomic E-state index is -0.837. The van der Waals surface area contributed by atoms with Gasteiger partial charge in [-0.3, -0.25) is 0 Å². The molecule has 16 heavy (non-hydrogen) atoms. The van der Waals surface area contributed by atoms with Crippen molar-refractivity contribution in [1.29, 1.82) is 0 Å². The fraction of sp³-hybridized carbons (Fsp3) is 0.250. The van der Waals surface area contributed by atoms with Gasteiger partial charge in [0.15, 0.2) is 0 Å². The topological polar surface area (TPSA) is 49.3 Å². The molecule has 0 unspecified atom stereocenters. The van der Waals surface area contributed by atoms with E-state index in [4.69, 9.17) is 16.7 Å². The van der Waals surface area contributed by atoms with Gasteiger partial charge in [-0.05, 0) is 36.2 Å². The van der Waals surface area contributed by atoms with Crippen molar-refractivity contribution in [2.24, 2.45) is 0 Å². The standard InChI is InChI=1S/C12H12ClNO2/c13-9-3-1-2-8(6-9)11-7-14-5-4-10(11)12(15)16/h1-3,6,14H,4-5,7H2,(H,15,16). The molecule has 1 aliphatic rings. The maximum Gasteiger partial charge on any atom is 0.331 e. The van der Waals surface area contributed by atoms with Gasteiger partial charge in [0, 0.05) is 17.1 Å². The Hall–Kier alpha value is -1.32. The summed E-state index contributed by atoms with van der Waals surface area (Å²) in [4.78, 5) is 11.1. The molecule has 0 spiro atoms. The van der Waals surface area contributed by atoms with Crippen molar-refractivity contribution in [1.82, 2.24) is 5.32 Å². The summed E-state index contributed by atoms with van der Waals surface area (Å²) in [6, 6.07) is 7.30. The van der Waals surface area contributed by atoms with Crippen LogP contribution < -0.4 is 5.32 Å². The van der Waals surface area contributed by atoms with E-state index in [0.29, 0.717) is 30.1 Å². The number of hydrogen-bond donors (Lipinski definition) is 2. The molecule has 0 fully saturated rings. The lowest BCUT2D eigenvalue weighted by atomic mass is 9.95. The Morgan fingerprint density at radius 1 is 1.44 bits per heavy atom. The van der Waals surface area contributed by atoms with Crippen LogP contribution in [-0.2, 0) is 4.79 Å². The normalized spacial score (nSPS) is 16.3. The number of carboxylic acids is 1.